The van der Waals surface area contributed by atoms with E-state index in [1.54, 1.807) is 11.3 Å². The molecule has 1 aromatic rings. The van der Waals surface area contributed by atoms with Gasteiger partial charge < -0.3 is 5.32 Å². The van der Waals surface area contributed by atoms with Crippen LogP contribution in [0.3, 0.4) is 0 Å². The molecule has 0 radical (unpaired) electrons. The van der Waals surface area contributed by atoms with Crippen LogP contribution in [-0.4, -0.2) is 35.6 Å². The first kappa shape index (κ1) is 12.9. The fraction of sp³-hybridized carbons (Fsp3) is 0.700. The third-order valence-corrected chi connectivity index (χ3v) is 3.49. The maximum atomic E-state index is 4.50. The number of rotatable bonds is 2. The molecule has 0 aromatic carbocycles. The van der Waals surface area contributed by atoms with Crippen molar-refractivity contribution in [2.75, 3.05) is 19.6 Å². The van der Waals surface area contributed by atoms with Crippen molar-refractivity contribution in [1.29, 1.82) is 0 Å². The van der Waals surface area contributed by atoms with Gasteiger partial charge in [0.25, 0.3) is 0 Å². The number of thiazole rings is 1. The number of nitrogens with one attached hydrogen (secondary N) is 1. The SMILES string of the molecule is Cc1nc(CN2CCNC[C@H]2C)cs1.Cl. The van der Waals surface area contributed by atoms with Crippen LogP contribution in [0.25, 0.3) is 0 Å². The van der Waals surface area contributed by atoms with Crippen LogP contribution in [0.15, 0.2) is 5.38 Å². The number of hydrogen-bond acceptors (Lipinski definition) is 4. The van der Waals surface area contributed by atoms with E-state index in [2.05, 4.69) is 34.4 Å². The van der Waals surface area contributed by atoms with Gasteiger partial charge in [-0.3, -0.25) is 4.90 Å². The first-order valence-electron chi connectivity index (χ1n) is 5.11. The zero-order chi connectivity index (χ0) is 9.97. The molecule has 1 atom stereocenters. The summed E-state index contributed by atoms with van der Waals surface area (Å²) >= 11 is 1.74. The first-order valence-corrected chi connectivity index (χ1v) is 5.99. The summed E-state index contributed by atoms with van der Waals surface area (Å²) in [5.41, 5.74) is 1.22. The summed E-state index contributed by atoms with van der Waals surface area (Å²) in [6.07, 6.45) is 0. The molecular weight excluding hydrogens is 230 g/mol. The van der Waals surface area contributed by atoms with Crippen molar-refractivity contribution < 1.29 is 0 Å². The molecule has 0 saturated carbocycles. The highest BCUT2D eigenvalue weighted by Gasteiger charge is 2.18. The molecule has 2 rings (SSSR count). The normalized spacial score (nSPS) is 22.4. The largest absolute Gasteiger partial charge is 0.314 e. The number of aryl methyl sites for hydroxylation is 1. The molecule has 2 heterocycles. The molecule has 0 amide bonds. The van der Waals surface area contributed by atoms with E-state index in [1.165, 1.54) is 10.7 Å². The Bertz CT molecular complexity index is 303. The van der Waals surface area contributed by atoms with E-state index in [-0.39, 0.29) is 12.4 Å². The van der Waals surface area contributed by atoms with Crippen LogP contribution in [0.2, 0.25) is 0 Å². The van der Waals surface area contributed by atoms with E-state index in [1.807, 2.05) is 0 Å². The van der Waals surface area contributed by atoms with Gasteiger partial charge in [-0.15, -0.1) is 23.7 Å². The number of nitrogens with zero attached hydrogens (tertiary/aromatic N) is 2. The minimum absolute atomic E-state index is 0. The third-order valence-electron chi connectivity index (χ3n) is 2.67. The predicted octanol–water partition coefficient (Wildman–Crippen LogP) is 1.67. The summed E-state index contributed by atoms with van der Waals surface area (Å²) in [5, 5.41) is 6.74. The number of halogens is 1. The van der Waals surface area contributed by atoms with Gasteiger partial charge in [-0.2, -0.15) is 0 Å². The lowest BCUT2D eigenvalue weighted by Gasteiger charge is -2.33. The summed E-state index contributed by atoms with van der Waals surface area (Å²) < 4.78 is 0. The Morgan fingerprint density at radius 3 is 3.07 bits per heavy atom. The van der Waals surface area contributed by atoms with E-state index in [0.29, 0.717) is 6.04 Å². The number of aromatic nitrogens is 1. The number of hydrogen-bond donors (Lipinski definition) is 1. The van der Waals surface area contributed by atoms with Crippen LogP contribution in [-0.2, 0) is 6.54 Å². The molecule has 3 nitrogen and oxygen atoms in total. The van der Waals surface area contributed by atoms with Gasteiger partial charge in [-0.1, -0.05) is 0 Å². The Kier molecular flexibility index (Phi) is 4.99. The van der Waals surface area contributed by atoms with Crippen LogP contribution < -0.4 is 5.32 Å². The summed E-state index contributed by atoms with van der Waals surface area (Å²) in [6, 6.07) is 0.630. The first-order chi connectivity index (χ1) is 6.75. The molecule has 1 aromatic heterocycles. The minimum Gasteiger partial charge on any atom is -0.314 e. The molecule has 1 aliphatic heterocycles. The molecular formula is C10H18ClN3S. The highest BCUT2D eigenvalue weighted by molar-refractivity contribution is 7.09. The standard InChI is InChI=1S/C10H17N3S.ClH/c1-8-5-11-3-4-13(8)6-10-7-14-9(2)12-10;/h7-8,11H,3-6H2,1-2H3;1H/t8-;/m1./s1. The van der Waals surface area contributed by atoms with E-state index in [0.717, 1.165) is 26.2 Å². The zero-order valence-electron chi connectivity index (χ0n) is 9.19. The van der Waals surface area contributed by atoms with Crippen molar-refractivity contribution in [3.63, 3.8) is 0 Å². The van der Waals surface area contributed by atoms with Gasteiger partial charge in [-0.05, 0) is 13.8 Å². The van der Waals surface area contributed by atoms with Gasteiger partial charge in [0, 0.05) is 37.6 Å². The second-order valence-electron chi connectivity index (χ2n) is 3.88. The Labute approximate surface area is 101 Å². The van der Waals surface area contributed by atoms with E-state index in [9.17, 15) is 0 Å². The van der Waals surface area contributed by atoms with Gasteiger partial charge >= 0.3 is 0 Å². The monoisotopic (exact) mass is 247 g/mol. The summed E-state index contributed by atoms with van der Waals surface area (Å²) in [5.74, 6) is 0. The maximum Gasteiger partial charge on any atom is 0.0897 e. The lowest BCUT2D eigenvalue weighted by molar-refractivity contribution is 0.164. The van der Waals surface area contributed by atoms with Gasteiger partial charge in [0.15, 0.2) is 0 Å². The minimum atomic E-state index is 0. The molecule has 15 heavy (non-hydrogen) atoms. The Morgan fingerprint density at radius 2 is 2.47 bits per heavy atom. The third kappa shape index (κ3) is 3.41. The smallest absolute Gasteiger partial charge is 0.0897 e. The van der Waals surface area contributed by atoms with Gasteiger partial charge in [0.1, 0.15) is 0 Å². The Balaban J connectivity index is 0.00000112. The zero-order valence-corrected chi connectivity index (χ0v) is 10.8. The molecule has 0 spiro atoms. The lowest BCUT2D eigenvalue weighted by Crippen LogP contribution is -2.49. The highest BCUT2D eigenvalue weighted by atomic mass is 35.5. The van der Waals surface area contributed by atoms with Crippen molar-refractivity contribution in [2.24, 2.45) is 0 Å². The molecule has 0 unspecified atom stereocenters. The quantitative estimate of drug-likeness (QED) is 0.862. The van der Waals surface area contributed by atoms with Gasteiger partial charge in [-0.25, -0.2) is 4.98 Å². The molecule has 5 heteroatoms. The van der Waals surface area contributed by atoms with Crippen molar-refractivity contribution in [1.82, 2.24) is 15.2 Å². The number of piperazine rings is 1. The van der Waals surface area contributed by atoms with Crippen LogP contribution >= 0.6 is 23.7 Å². The average molecular weight is 248 g/mol. The average Bonchev–Trinajstić information content (AvgIpc) is 2.56. The van der Waals surface area contributed by atoms with E-state index >= 15 is 0 Å². The van der Waals surface area contributed by atoms with Crippen molar-refractivity contribution in [2.45, 2.75) is 26.4 Å². The van der Waals surface area contributed by atoms with E-state index < -0.39 is 0 Å². The Hall–Kier alpha value is -0.160. The van der Waals surface area contributed by atoms with Crippen LogP contribution in [0.5, 0.6) is 0 Å². The molecule has 0 aliphatic carbocycles. The molecule has 1 aliphatic rings. The fourth-order valence-electron chi connectivity index (χ4n) is 1.81. The molecule has 86 valence electrons. The summed E-state index contributed by atoms with van der Waals surface area (Å²) in [7, 11) is 0. The summed E-state index contributed by atoms with van der Waals surface area (Å²) in [6.45, 7) is 8.68. The molecule has 1 fully saturated rings. The topological polar surface area (TPSA) is 28.2 Å². The molecule has 1 saturated heterocycles. The van der Waals surface area contributed by atoms with Crippen LogP contribution in [0.4, 0.5) is 0 Å². The predicted molar refractivity (Wildman–Crippen MR) is 66.8 cm³/mol. The molecule has 0 bridgehead atoms. The van der Waals surface area contributed by atoms with Crippen molar-refractivity contribution in [3.8, 4) is 0 Å². The second kappa shape index (κ2) is 5.80. The van der Waals surface area contributed by atoms with Crippen LogP contribution in [0.1, 0.15) is 17.6 Å². The van der Waals surface area contributed by atoms with Gasteiger partial charge in [0.2, 0.25) is 0 Å². The van der Waals surface area contributed by atoms with Crippen molar-refractivity contribution in [3.05, 3.63) is 16.1 Å². The van der Waals surface area contributed by atoms with Crippen LogP contribution in [0, 0.1) is 6.92 Å². The maximum absolute atomic E-state index is 4.50. The highest BCUT2D eigenvalue weighted by Crippen LogP contribution is 2.12. The van der Waals surface area contributed by atoms with Gasteiger partial charge in [0.05, 0.1) is 10.7 Å². The lowest BCUT2D eigenvalue weighted by atomic mass is 10.2. The second-order valence-corrected chi connectivity index (χ2v) is 4.94. The summed E-state index contributed by atoms with van der Waals surface area (Å²) in [4.78, 5) is 6.99. The Morgan fingerprint density at radius 1 is 1.67 bits per heavy atom. The fourth-order valence-corrected chi connectivity index (χ4v) is 2.41. The van der Waals surface area contributed by atoms with Crippen molar-refractivity contribution >= 4 is 23.7 Å². The van der Waals surface area contributed by atoms with E-state index in [4.69, 9.17) is 0 Å². The molecule has 1 N–H and O–H groups in total.